The average molecular weight is 345 g/mol. The first-order valence-electron chi connectivity index (χ1n) is 6.60. The Balaban J connectivity index is 2.19. The predicted molar refractivity (Wildman–Crippen MR) is 78.2 cm³/mol. The first kappa shape index (κ1) is 17.3. The Kier molecular flexibility index (Phi) is 5.27. The molecular weight excluding hydrogens is 331 g/mol. The lowest BCUT2D eigenvalue weighted by Gasteiger charge is -2.16. The highest BCUT2D eigenvalue weighted by Gasteiger charge is 2.19. The van der Waals surface area contributed by atoms with Gasteiger partial charge in [0.2, 0.25) is 10.0 Å². The van der Waals surface area contributed by atoms with Crippen molar-refractivity contribution < 1.29 is 26.3 Å². The van der Waals surface area contributed by atoms with Crippen molar-refractivity contribution in [3.8, 4) is 5.75 Å². The van der Waals surface area contributed by atoms with E-state index in [0.717, 1.165) is 12.1 Å². The Labute approximate surface area is 132 Å². The number of nitrogens with one attached hydrogen (secondary N) is 1. The van der Waals surface area contributed by atoms with Crippen LogP contribution in [0.25, 0.3) is 0 Å². The van der Waals surface area contributed by atoms with E-state index in [1.807, 2.05) is 0 Å². The molecule has 2 aromatic rings. The summed E-state index contributed by atoms with van der Waals surface area (Å²) in [5, 5.41) is 0. The molecule has 0 amide bonds. The fourth-order valence-electron chi connectivity index (χ4n) is 1.96. The zero-order valence-electron chi connectivity index (χ0n) is 12.0. The summed E-state index contributed by atoms with van der Waals surface area (Å²) < 4.78 is 68.6. The summed E-state index contributed by atoms with van der Waals surface area (Å²) in [5.41, 5.74) is 0.433. The van der Waals surface area contributed by atoms with Crippen LogP contribution in [0.4, 0.5) is 13.2 Å². The van der Waals surface area contributed by atoms with Crippen LogP contribution in [0, 0.1) is 5.82 Å². The van der Waals surface area contributed by atoms with Crippen molar-refractivity contribution in [2.24, 2.45) is 0 Å². The summed E-state index contributed by atoms with van der Waals surface area (Å²) in [6.45, 7) is -1.43. The predicted octanol–water partition coefficient (Wildman–Crippen LogP) is 3.47. The van der Waals surface area contributed by atoms with Crippen LogP contribution in [-0.2, 0) is 10.0 Å². The van der Waals surface area contributed by atoms with Crippen LogP contribution < -0.4 is 9.46 Å². The normalized spacial score (nSPS) is 13.1. The van der Waals surface area contributed by atoms with Crippen LogP contribution in [0.5, 0.6) is 5.75 Å². The highest BCUT2D eigenvalue weighted by molar-refractivity contribution is 7.89. The molecule has 1 N–H and O–H groups in total. The number of sulfonamides is 1. The summed E-state index contributed by atoms with van der Waals surface area (Å²) in [4.78, 5) is -0.218. The molecule has 0 aliphatic rings. The largest absolute Gasteiger partial charge is 0.435 e. The lowest BCUT2D eigenvalue weighted by molar-refractivity contribution is -0.0499. The van der Waals surface area contributed by atoms with Crippen LogP contribution in [-0.4, -0.2) is 15.0 Å². The van der Waals surface area contributed by atoms with Crippen LogP contribution in [0.2, 0.25) is 0 Å². The van der Waals surface area contributed by atoms with Gasteiger partial charge in [0.25, 0.3) is 0 Å². The van der Waals surface area contributed by atoms with Gasteiger partial charge in [0, 0.05) is 6.04 Å². The number of benzene rings is 2. The average Bonchev–Trinajstić information content (AvgIpc) is 2.46. The van der Waals surface area contributed by atoms with Crippen molar-refractivity contribution in [1.82, 2.24) is 4.72 Å². The van der Waals surface area contributed by atoms with E-state index >= 15 is 0 Å². The van der Waals surface area contributed by atoms with Crippen molar-refractivity contribution in [1.29, 1.82) is 0 Å². The van der Waals surface area contributed by atoms with E-state index in [1.54, 1.807) is 13.0 Å². The number of rotatable bonds is 6. The number of hydrogen-bond donors (Lipinski definition) is 1. The SMILES string of the molecule is C[C@H](NS(=O)(=O)c1cccc(F)c1)c1cccc(OC(F)F)c1. The molecule has 124 valence electrons. The highest BCUT2D eigenvalue weighted by Crippen LogP contribution is 2.22. The summed E-state index contributed by atoms with van der Waals surface area (Å²) in [6, 6.07) is 9.54. The molecule has 4 nitrogen and oxygen atoms in total. The Morgan fingerprint density at radius 2 is 1.78 bits per heavy atom. The van der Waals surface area contributed by atoms with Crippen molar-refractivity contribution in [2.75, 3.05) is 0 Å². The molecule has 0 aromatic heterocycles. The van der Waals surface area contributed by atoms with Gasteiger partial charge in [0.05, 0.1) is 4.90 Å². The molecule has 0 aliphatic heterocycles. The summed E-state index contributed by atoms with van der Waals surface area (Å²) >= 11 is 0. The molecular formula is C15H14F3NO3S. The maximum atomic E-state index is 13.2. The number of hydrogen-bond acceptors (Lipinski definition) is 3. The quantitative estimate of drug-likeness (QED) is 0.872. The second kappa shape index (κ2) is 7.01. The van der Waals surface area contributed by atoms with E-state index in [0.29, 0.717) is 5.56 Å². The Bertz CT molecular complexity index is 781. The first-order valence-corrected chi connectivity index (χ1v) is 8.09. The van der Waals surface area contributed by atoms with Gasteiger partial charge in [-0.2, -0.15) is 8.78 Å². The molecule has 8 heteroatoms. The highest BCUT2D eigenvalue weighted by atomic mass is 32.2. The van der Waals surface area contributed by atoms with Crippen LogP contribution in [0.15, 0.2) is 53.4 Å². The van der Waals surface area contributed by atoms with Crippen molar-refractivity contribution in [3.05, 3.63) is 59.9 Å². The molecule has 0 heterocycles. The number of ether oxygens (including phenoxy) is 1. The standard InChI is InChI=1S/C15H14F3NO3S/c1-10(11-4-2-6-13(8-11)22-15(17)18)19-23(20,21)14-7-3-5-12(16)9-14/h2-10,15,19H,1H3/t10-/m0/s1. The Hall–Kier alpha value is -2.06. The van der Waals surface area contributed by atoms with E-state index < -0.39 is 28.5 Å². The van der Waals surface area contributed by atoms with Gasteiger partial charge in [-0.15, -0.1) is 0 Å². The molecule has 0 bridgehead atoms. The molecule has 0 saturated carbocycles. The minimum Gasteiger partial charge on any atom is -0.435 e. The zero-order valence-corrected chi connectivity index (χ0v) is 12.9. The summed E-state index contributed by atoms with van der Waals surface area (Å²) in [6.07, 6.45) is 0. The van der Waals surface area contributed by atoms with Crippen LogP contribution in [0.3, 0.4) is 0 Å². The molecule has 0 radical (unpaired) electrons. The fourth-order valence-corrected chi connectivity index (χ4v) is 3.23. The van der Waals surface area contributed by atoms with E-state index in [4.69, 9.17) is 0 Å². The number of halogens is 3. The van der Waals surface area contributed by atoms with Gasteiger partial charge in [-0.3, -0.25) is 0 Å². The molecule has 0 unspecified atom stereocenters. The van der Waals surface area contributed by atoms with E-state index in [-0.39, 0.29) is 10.6 Å². The van der Waals surface area contributed by atoms with E-state index in [2.05, 4.69) is 9.46 Å². The molecule has 2 aromatic carbocycles. The third-order valence-corrected chi connectivity index (χ3v) is 4.56. The lowest BCUT2D eigenvalue weighted by Crippen LogP contribution is -2.27. The van der Waals surface area contributed by atoms with E-state index in [9.17, 15) is 21.6 Å². The monoisotopic (exact) mass is 345 g/mol. The maximum absolute atomic E-state index is 13.2. The molecule has 0 fully saturated rings. The minimum atomic E-state index is -3.95. The van der Waals surface area contributed by atoms with E-state index in [1.165, 1.54) is 30.3 Å². The van der Waals surface area contributed by atoms with Crippen LogP contribution in [0.1, 0.15) is 18.5 Å². The summed E-state index contributed by atoms with van der Waals surface area (Å²) in [7, 11) is -3.95. The molecule has 0 saturated heterocycles. The molecule has 1 atom stereocenters. The van der Waals surface area contributed by atoms with Gasteiger partial charge in [-0.05, 0) is 42.8 Å². The maximum Gasteiger partial charge on any atom is 0.387 e. The topological polar surface area (TPSA) is 55.4 Å². The van der Waals surface area contributed by atoms with Gasteiger partial charge < -0.3 is 4.74 Å². The Morgan fingerprint density at radius 3 is 2.43 bits per heavy atom. The van der Waals surface area contributed by atoms with Gasteiger partial charge >= 0.3 is 6.61 Å². The zero-order chi connectivity index (χ0) is 17.0. The first-order chi connectivity index (χ1) is 10.8. The van der Waals surface area contributed by atoms with Crippen molar-refractivity contribution in [3.63, 3.8) is 0 Å². The molecule has 23 heavy (non-hydrogen) atoms. The second-order valence-electron chi connectivity index (χ2n) is 4.75. The minimum absolute atomic E-state index is 0.0747. The van der Waals surface area contributed by atoms with Gasteiger partial charge in [0.15, 0.2) is 0 Å². The molecule has 0 spiro atoms. The van der Waals surface area contributed by atoms with Crippen LogP contribution >= 0.6 is 0 Å². The van der Waals surface area contributed by atoms with Gasteiger partial charge in [-0.25, -0.2) is 17.5 Å². The lowest BCUT2D eigenvalue weighted by atomic mass is 10.1. The van der Waals surface area contributed by atoms with Crippen molar-refractivity contribution >= 4 is 10.0 Å². The smallest absolute Gasteiger partial charge is 0.387 e. The van der Waals surface area contributed by atoms with Gasteiger partial charge in [0.1, 0.15) is 11.6 Å². The Morgan fingerprint density at radius 1 is 1.09 bits per heavy atom. The third-order valence-electron chi connectivity index (χ3n) is 3.02. The number of alkyl halides is 2. The van der Waals surface area contributed by atoms with Crippen molar-refractivity contribution in [2.45, 2.75) is 24.5 Å². The summed E-state index contributed by atoms with van der Waals surface area (Å²) in [5.74, 6) is -0.748. The fraction of sp³-hybridized carbons (Fsp3) is 0.200. The third kappa shape index (κ3) is 4.70. The van der Waals surface area contributed by atoms with Gasteiger partial charge in [-0.1, -0.05) is 18.2 Å². The molecule has 2 rings (SSSR count). The molecule has 0 aliphatic carbocycles. The second-order valence-corrected chi connectivity index (χ2v) is 6.47.